The molecule has 1 aromatic rings. The summed E-state index contributed by atoms with van der Waals surface area (Å²) in [4.78, 5) is 11.0. The first-order valence-corrected chi connectivity index (χ1v) is 6.45. The Bertz CT molecular complexity index is 509. The molecule has 0 heterocycles. The van der Waals surface area contributed by atoms with Crippen molar-refractivity contribution in [2.75, 3.05) is 7.11 Å². The third-order valence-electron chi connectivity index (χ3n) is 3.44. The summed E-state index contributed by atoms with van der Waals surface area (Å²) in [6.45, 7) is 1.76. The van der Waals surface area contributed by atoms with Gasteiger partial charge in [0.05, 0.1) is 18.0 Å². The molecule has 0 amide bonds. The molecule has 0 unspecified atom stereocenters. The predicted molar refractivity (Wildman–Crippen MR) is 68.6 cm³/mol. The average Bonchev–Trinajstić information content (AvgIpc) is 3.02. The minimum atomic E-state index is -0.872. The predicted octanol–water partition coefficient (Wildman–Crippen LogP) is 3.41. The number of benzene rings is 1. The van der Waals surface area contributed by atoms with E-state index in [1.165, 1.54) is 13.2 Å². The van der Waals surface area contributed by atoms with Crippen LogP contribution in [0.2, 0.25) is 0 Å². The van der Waals surface area contributed by atoms with E-state index in [-0.39, 0.29) is 12.2 Å². The minimum Gasteiger partial charge on any atom is -0.496 e. The van der Waals surface area contributed by atoms with E-state index in [0.717, 1.165) is 12.8 Å². The third-order valence-corrected chi connectivity index (χ3v) is 4.21. The summed E-state index contributed by atoms with van der Waals surface area (Å²) in [6, 6.07) is 1.39. The van der Waals surface area contributed by atoms with E-state index >= 15 is 0 Å². The molecule has 0 atom stereocenters. The first-order chi connectivity index (χ1) is 8.41. The molecule has 18 heavy (non-hydrogen) atoms. The van der Waals surface area contributed by atoms with Crippen molar-refractivity contribution in [3.05, 3.63) is 27.5 Å². The topological polar surface area (TPSA) is 46.5 Å². The molecule has 1 aliphatic rings. The number of aryl methyl sites for hydroxylation is 1. The van der Waals surface area contributed by atoms with Gasteiger partial charge in [-0.05, 0) is 47.3 Å². The molecular formula is C13H14BrFO3. The summed E-state index contributed by atoms with van der Waals surface area (Å²) in [5.41, 5.74) is 0.859. The minimum absolute atomic E-state index is 0.00481. The van der Waals surface area contributed by atoms with Crippen molar-refractivity contribution in [3.63, 3.8) is 0 Å². The van der Waals surface area contributed by atoms with Crippen LogP contribution in [0.3, 0.4) is 0 Å². The zero-order valence-corrected chi connectivity index (χ0v) is 11.8. The first-order valence-electron chi connectivity index (χ1n) is 5.66. The van der Waals surface area contributed by atoms with Gasteiger partial charge in [-0.2, -0.15) is 0 Å². The van der Waals surface area contributed by atoms with Gasteiger partial charge in [0.1, 0.15) is 11.6 Å². The molecule has 0 radical (unpaired) electrons. The molecule has 0 aliphatic heterocycles. The lowest BCUT2D eigenvalue weighted by atomic mass is 9.90. The van der Waals surface area contributed by atoms with Crippen molar-refractivity contribution in [1.82, 2.24) is 0 Å². The van der Waals surface area contributed by atoms with Crippen LogP contribution in [-0.4, -0.2) is 18.2 Å². The largest absolute Gasteiger partial charge is 0.496 e. The molecule has 0 bridgehead atoms. The SMILES string of the molecule is COc1c(C)cc(F)c(Br)c1C1(CC(=O)O)CC1. The Labute approximate surface area is 113 Å². The quantitative estimate of drug-likeness (QED) is 0.926. The van der Waals surface area contributed by atoms with Gasteiger partial charge < -0.3 is 9.84 Å². The van der Waals surface area contributed by atoms with Gasteiger partial charge in [-0.25, -0.2) is 4.39 Å². The van der Waals surface area contributed by atoms with Crippen LogP contribution in [-0.2, 0) is 10.2 Å². The average molecular weight is 317 g/mol. The highest BCUT2D eigenvalue weighted by molar-refractivity contribution is 9.10. The fourth-order valence-corrected chi connectivity index (χ4v) is 3.14. The number of rotatable bonds is 4. The summed E-state index contributed by atoms with van der Waals surface area (Å²) >= 11 is 3.22. The molecule has 1 fully saturated rings. The molecule has 0 aromatic heterocycles. The first kappa shape index (κ1) is 13.3. The van der Waals surface area contributed by atoms with Gasteiger partial charge in [0.2, 0.25) is 0 Å². The summed E-state index contributed by atoms with van der Waals surface area (Å²) in [6.07, 6.45) is 1.50. The third kappa shape index (κ3) is 2.11. The number of methoxy groups -OCH3 is 1. The number of carboxylic acid groups (broad SMARTS) is 1. The van der Waals surface area contributed by atoms with E-state index in [4.69, 9.17) is 9.84 Å². The van der Waals surface area contributed by atoms with Gasteiger partial charge in [-0.1, -0.05) is 0 Å². The highest BCUT2D eigenvalue weighted by Gasteiger charge is 2.49. The maximum atomic E-state index is 13.8. The molecule has 3 nitrogen and oxygen atoms in total. The Morgan fingerprint density at radius 1 is 1.61 bits per heavy atom. The second kappa shape index (κ2) is 4.53. The lowest BCUT2D eigenvalue weighted by Gasteiger charge is -2.21. The normalized spacial score (nSPS) is 16.4. The number of carboxylic acids is 1. The van der Waals surface area contributed by atoms with Crippen LogP contribution in [0.5, 0.6) is 5.75 Å². The van der Waals surface area contributed by atoms with Crippen molar-refractivity contribution >= 4 is 21.9 Å². The molecular weight excluding hydrogens is 303 g/mol. The second-order valence-electron chi connectivity index (χ2n) is 4.75. The van der Waals surface area contributed by atoms with Gasteiger partial charge in [0, 0.05) is 11.0 Å². The Hall–Kier alpha value is -1.10. The smallest absolute Gasteiger partial charge is 0.304 e. The number of aliphatic carboxylic acids is 1. The van der Waals surface area contributed by atoms with E-state index in [0.29, 0.717) is 21.3 Å². The molecule has 2 rings (SSSR count). The molecule has 1 N–H and O–H groups in total. The summed E-state index contributed by atoms with van der Waals surface area (Å²) in [5.74, 6) is -0.662. The zero-order valence-electron chi connectivity index (χ0n) is 10.2. The van der Waals surface area contributed by atoms with E-state index in [1.54, 1.807) is 6.92 Å². The van der Waals surface area contributed by atoms with E-state index < -0.39 is 11.4 Å². The number of ether oxygens (including phenoxy) is 1. The van der Waals surface area contributed by atoms with Crippen LogP contribution in [0.15, 0.2) is 10.5 Å². The van der Waals surface area contributed by atoms with Gasteiger partial charge in [-0.15, -0.1) is 0 Å². The zero-order chi connectivity index (χ0) is 13.5. The molecule has 0 saturated heterocycles. The summed E-state index contributed by atoms with van der Waals surface area (Å²) < 4.78 is 19.5. The maximum Gasteiger partial charge on any atom is 0.304 e. The molecule has 98 valence electrons. The maximum absolute atomic E-state index is 13.8. The van der Waals surface area contributed by atoms with Crippen LogP contribution < -0.4 is 4.74 Å². The number of halogens is 2. The van der Waals surface area contributed by atoms with Crippen molar-refractivity contribution in [3.8, 4) is 5.75 Å². The fourth-order valence-electron chi connectivity index (χ4n) is 2.43. The Morgan fingerprint density at radius 2 is 2.22 bits per heavy atom. The van der Waals surface area contributed by atoms with Crippen LogP contribution in [0.25, 0.3) is 0 Å². The number of carbonyl (C=O) groups is 1. The van der Waals surface area contributed by atoms with Gasteiger partial charge in [0.15, 0.2) is 0 Å². The summed E-state index contributed by atoms with van der Waals surface area (Å²) in [7, 11) is 1.52. The lowest BCUT2D eigenvalue weighted by molar-refractivity contribution is -0.137. The monoisotopic (exact) mass is 316 g/mol. The van der Waals surface area contributed by atoms with Crippen molar-refractivity contribution < 1.29 is 19.0 Å². The Morgan fingerprint density at radius 3 is 2.67 bits per heavy atom. The lowest BCUT2D eigenvalue weighted by Crippen LogP contribution is -2.16. The molecule has 1 aliphatic carbocycles. The molecule has 1 saturated carbocycles. The van der Waals surface area contributed by atoms with Gasteiger partial charge >= 0.3 is 5.97 Å². The second-order valence-corrected chi connectivity index (χ2v) is 5.54. The van der Waals surface area contributed by atoms with E-state index in [9.17, 15) is 9.18 Å². The molecule has 1 aromatic carbocycles. The molecule has 5 heteroatoms. The van der Waals surface area contributed by atoms with Gasteiger partial charge in [-0.3, -0.25) is 4.79 Å². The summed E-state index contributed by atoms with van der Waals surface area (Å²) in [5, 5.41) is 8.99. The molecule has 0 spiro atoms. The van der Waals surface area contributed by atoms with Crippen LogP contribution >= 0.6 is 15.9 Å². The Balaban J connectivity index is 2.59. The number of hydrogen-bond donors (Lipinski definition) is 1. The van der Waals surface area contributed by atoms with Crippen molar-refractivity contribution in [2.24, 2.45) is 0 Å². The van der Waals surface area contributed by atoms with Crippen LogP contribution in [0.4, 0.5) is 4.39 Å². The van der Waals surface area contributed by atoms with Gasteiger partial charge in [0.25, 0.3) is 0 Å². The van der Waals surface area contributed by atoms with E-state index in [2.05, 4.69) is 15.9 Å². The van der Waals surface area contributed by atoms with E-state index in [1.807, 2.05) is 0 Å². The van der Waals surface area contributed by atoms with Crippen LogP contribution in [0, 0.1) is 12.7 Å². The Kier molecular flexibility index (Phi) is 3.36. The van der Waals surface area contributed by atoms with Crippen molar-refractivity contribution in [1.29, 1.82) is 0 Å². The highest BCUT2D eigenvalue weighted by Crippen LogP contribution is 2.57. The highest BCUT2D eigenvalue weighted by atomic mass is 79.9. The van der Waals surface area contributed by atoms with Crippen LogP contribution in [0.1, 0.15) is 30.4 Å². The number of hydrogen-bond acceptors (Lipinski definition) is 2. The standard InChI is InChI=1S/C13H14BrFO3/c1-7-5-8(15)11(14)10(12(7)18-2)13(3-4-13)6-9(16)17/h5H,3-4,6H2,1-2H3,(H,16,17). The fraction of sp³-hybridized carbons (Fsp3) is 0.462. The van der Waals surface area contributed by atoms with Crippen molar-refractivity contribution in [2.45, 2.75) is 31.6 Å².